The molecule has 44 heavy (non-hydrogen) atoms. The number of hydrogen-bond acceptors (Lipinski definition) is 8. The minimum absolute atomic E-state index is 0.0382. The van der Waals surface area contributed by atoms with Crippen LogP contribution >= 0.6 is 11.6 Å². The Morgan fingerprint density at radius 3 is 2.55 bits per heavy atom. The Morgan fingerprint density at radius 1 is 1.07 bits per heavy atom. The van der Waals surface area contributed by atoms with E-state index in [0.717, 1.165) is 85.7 Å². The van der Waals surface area contributed by atoms with Crippen LogP contribution in [0, 0.1) is 0 Å². The van der Waals surface area contributed by atoms with Crippen molar-refractivity contribution in [3.8, 4) is 17.0 Å². The fourth-order valence-electron chi connectivity index (χ4n) is 6.25. The normalized spacial score (nSPS) is 17.8. The molecule has 2 fully saturated rings. The molecule has 2 aliphatic heterocycles. The molecule has 0 amide bonds. The molecule has 2 aromatic heterocycles. The van der Waals surface area contributed by atoms with Gasteiger partial charge in [-0.3, -0.25) is 8.87 Å². The lowest BCUT2D eigenvalue weighted by atomic mass is 10.0. The predicted molar refractivity (Wildman–Crippen MR) is 182 cm³/mol. The molecule has 0 saturated carbocycles. The van der Waals surface area contributed by atoms with Gasteiger partial charge in [0.2, 0.25) is 5.95 Å². The second-order valence-corrected chi connectivity index (χ2v) is 13.9. The molecular formula is C33H42ClN7O2S. The highest BCUT2D eigenvalue weighted by atomic mass is 35.5. The number of hydrogen-bond donors (Lipinski definition) is 1. The predicted octanol–water partition coefficient (Wildman–Crippen LogP) is 6.03. The Labute approximate surface area is 267 Å². The maximum Gasteiger partial charge on any atom is 0.227 e. The van der Waals surface area contributed by atoms with Crippen LogP contribution in [-0.4, -0.2) is 92.2 Å². The summed E-state index contributed by atoms with van der Waals surface area (Å²) in [7, 11) is 1.03. The number of aromatic nitrogens is 3. The lowest BCUT2D eigenvalue weighted by Crippen LogP contribution is -2.52. The van der Waals surface area contributed by atoms with Crippen molar-refractivity contribution in [1.29, 1.82) is 0 Å². The Bertz CT molecular complexity index is 1630. The lowest BCUT2D eigenvalue weighted by molar-refractivity contribution is 0.0981. The topological polar surface area (TPSA) is 78.8 Å². The Hall–Kier alpha value is -3.18. The van der Waals surface area contributed by atoms with Crippen molar-refractivity contribution in [3.05, 3.63) is 59.9 Å². The molecule has 2 aromatic carbocycles. The molecule has 1 unspecified atom stereocenters. The van der Waals surface area contributed by atoms with E-state index in [9.17, 15) is 4.21 Å². The molecule has 1 atom stereocenters. The van der Waals surface area contributed by atoms with Crippen LogP contribution in [0.3, 0.4) is 0 Å². The molecule has 2 saturated heterocycles. The smallest absolute Gasteiger partial charge is 0.227 e. The first-order valence-electron chi connectivity index (χ1n) is 15.6. The van der Waals surface area contributed by atoms with E-state index in [1.165, 1.54) is 0 Å². The average Bonchev–Trinajstić information content (AvgIpc) is 3.42. The second kappa shape index (κ2) is 13.4. The monoisotopic (exact) mass is 635 g/mol. The van der Waals surface area contributed by atoms with Crippen LogP contribution in [-0.2, 0) is 11.0 Å². The van der Waals surface area contributed by atoms with Gasteiger partial charge in [0.05, 0.1) is 34.2 Å². The van der Waals surface area contributed by atoms with E-state index in [4.69, 9.17) is 21.3 Å². The maximum absolute atomic E-state index is 12.8. The van der Waals surface area contributed by atoms with E-state index in [2.05, 4.69) is 58.0 Å². The molecule has 4 heterocycles. The first kappa shape index (κ1) is 30.8. The minimum atomic E-state index is -1.19. The summed E-state index contributed by atoms with van der Waals surface area (Å²) in [6, 6.07) is 14.8. The van der Waals surface area contributed by atoms with Gasteiger partial charge in [-0.05, 0) is 51.9 Å². The summed E-state index contributed by atoms with van der Waals surface area (Å²) in [6.07, 6.45) is 5.84. The molecule has 1 N–H and O–H groups in total. The number of benzene rings is 2. The highest BCUT2D eigenvalue weighted by molar-refractivity contribution is 7.83. The zero-order valence-electron chi connectivity index (χ0n) is 26.0. The van der Waals surface area contributed by atoms with Crippen molar-refractivity contribution in [2.75, 3.05) is 62.3 Å². The first-order chi connectivity index (χ1) is 21.3. The SMILES string of the molecule is CCS(=O)n1cc(-c2nc(Nc3ccc(N4CCC(N5CCN(C)CC5)CC4)c(OC(C)C)c3)ncc2Cl)c2ccccc21. The fourth-order valence-corrected chi connectivity index (χ4v) is 7.32. The third-order valence-electron chi connectivity index (χ3n) is 8.58. The van der Waals surface area contributed by atoms with Gasteiger partial charge in [-0.15, -0.1) is 0 Å². The summed E-state index contributed by atoms with van der Waals surface area (Å²) >= 11 is 6.64. The number of piperazine rings is 1. The van der Waals surface area contributed by atoms with Gasteiger partial charge in [-0.2, -0.15) is 0 Å². The molecule has 11 heteroatoms. The number of ether oxygens (including phenoxy) is 1. The quantitative estimate of drug-likeness (QED) is 0.239. The van der Waals surface area contributed by atoms with E-state index in [1.807, 2.05) is 43.5 Å². The third kappa shape index (κ3) is 6.59. The van der Waals surface area contributed by atoms with Crippen LogP contribution in [0.4, 0.5) is 17.3 Å². The molecule has 0 aliphatic carbocycles. The lowest BCUT2D eigenvalue weighted by Gasteiger charge is -2.42. The molecule has 4 aromatic rings. The Morgan fingerprint density at radius 2 is 1.82 bits per heavy atom. The number of anilines is 3. The molecular weight excluding hydrogens is 594 g/mol. The van der Waals surface area contributed by atoms with Gasteiger partial charge in [0.25, 0.3) is 0 Å². The van der Waals surface area contributed by atoms with Crippen molar-refractivity contribution in [2.24, 2.45) is 0 Å². The van der Waals surface area contributed by atoms with Gasteiger partial charge in [0.1, 0.15) is 16.7 Å². The van der Waals surface area contributed by atoms with Crippen LogP contribution in [0.2, 0.25) is 5.02 Å². The van der Waals surface area contributed by atoms with E-state index in [1.54, 1.807) is 10.2 Å². The van der Waals surface area contributed by atoms with Crippen LogP contribution in [0.25, 0.3) is 22.2 Å². The zero-order valence-corrected chi connectivity index (χ0v) is 27.6. The number of halogens is 1. The summed E-state index contributed by atoms with van der Waals surface area (Å²) in [4.78, 5) is 16.9. The van der Waals surface area contributed by atoms with Crippen molar-refractivity contribution < 1.29 is 8.95 Å². The highest BCUT2D eigenvalue weighted by Crippen LogP contribution is 2.37. The standard InChI is InChI=1S/C33H42ClN7O2S/c1-5-44(42)41-22-27(26-8-6-7-9-29(26)41)32-28(34)21-35-33(37-32)36-24-10-11-30(31(20-24)43-23(2)3)40-14-12-25(13-15-40)39-18-16-38(4)17-19-39/h6-11,20-23,25H,5,12-19H2,1-4H3,(H,35,36,37). The summed E-state index contributed by atoms with van der Waals surface area (Å²) < 4.78 is 20.9. The van der Waals surface area contributed by atoms with Gasteiger partial charge in [-0.25, -0.2) is 14.2 Å². The first-order valence-corrected chi connectivity index (χ1v) is 17.2. The maximum atomic E-state index is 12.8. The Balaban J connectivity index is 1.23. The van der Waals surface area contributed by atoms with Crippen LogP contribution in [0.5, 0.6) is 5.75 Å². The number of piperidine rings is 1. The summed E-state index contributed by atoms with van der Waals surface area (Å²) in [5, 5.41) is 4.74. The van der Waals surface area contributed by atoms with E-state index in [-0.39, 0.29) is 6.10 Å². The minimum Gasteiger partial charge on any atom is -0.489 e. The number of fused-ring (bicyclic) bond motifs is 1. The van der Waals surface area contributed by atoms with Crippen molar-refractivity contribution in [1.82, 2.24) is 23.7 Å². The van der Waals surface area contributed by atoms with Gasteiger partial charge >= 0.3 is 0 Å². The molecule has 6 rings (SSSR count). The molecule has 234 valence electrons. The van der Waals surface area contributed by atoms with Crippen LogP contribution in [0.15, 0.2) is 54.9 Å². The summed E-state index contributed by atoms with van der Waals surface area (Å²) in [6.45, 7) is 12.7. The van der Waals surface area contributed by atoms with E-state index < -0.39 is 11.0 Å². The van der Waals surface area contributed by atoms with Gasteiger partial charge < -0.3 is 19.9 Å². The van der Waals surface area contributed by atoms with Gasteiger partial charge in [0, 0.05) is 80.0 Å². The van der Waals surface area contributed by atoms with Crippen LogP contribution in [0.1, 0.15) is 33.6 Å². The number of rotatable bonds is 9. The number of likely N-dealkylation sites (N-methyl/N-ethyl adjacent to an activating group) is 1. The second-order valence-electron chi connectivity index (χ2n) is 11.9. The number of nitrogens with zero attached hydrogens (tertiary/aromatic N) is 6. The molecule has 0 spiro atoms. The van der Waals surface area contributed by atoms with E-state index in [0.29, 0.717) is 28.5 Å². The fraction of sp³-hybridized carbons (Fsp3) is 0.455. The largest absolute Gasteiger partial charge is 0.489 e. The highest BCUT2D eigenvalue weighted by Gasteiger charge is 2.28. The van der Waals surface area contributed by atoms with Crippen molar-refractivity contribution in [2.45, 2.75) is 45.8 Å². The van der Waals surface area contributed by atoms with Gasteiger partial charge in [-0.1, -0.05) is 36.7 Å². The molecule has 0 radical (unpaired) electrons. The zero-order chi connectivity index (χ0) is 30.8. The average molecular weight is 636 g/mol. The van der Waals surface area contributed by atoms with Crippen LogP contribution < -0.4 is 15.0 Å². The molecule has 9 nitrogen and oxygen atoms in total. The van der Waals surface area contributed by atoms with E-state index >= 15 is 0 Å². The van der Waals surface area contributed by atoms with Gasteiger partial charge in [0.15, 0.2) is 0 Å². The number of para-hydroxylation sites is 1. The molecule has 2 aliphatic rings. The summed E-state index contributed by atoms with van der Waals surface area (Å²) in [5.74, 6) is 1.78. The number of nitrogens with one attached hydrogen (secondary N) is 1. The van der Waals surface area contributed by atoms with Crippen molar-refractivity contribution in [3.63, 3.8) is 0 Å². The summed E-state index contributed by atoms with van der Waals surface area (Å²) in [5.41, 5.74) is 4.24. The Kier molecular flexibility index (Phi) is 9.42. The van der Waals surface area contributed by atoms with Crippen molar-refractivity contribution >= 4 is 50.8 Å². The third-order valence-corrected chi connectivity index (χ3v) is 10.1. The molecule has 0 bridgehead atoms.